The average molecular weight is 514 g/mol. The number of rotatable bonds is 3. The van der Waals surface area contributed by atoms with Crippen molar-refractivity contribution in [2.75, 3.05) is 13.1 Å². The van der Waals surface area contributed by atoms with E-state index in [0.717, 1.165) is 32.4 Å². The van der Waals surface area contributed by atoms with Crippen molar-refractivity contribution in [3.05, 3.63) is 52.4 Å². The van der Waals surface area contributed by atoms with Crippen LogP contribution in [0.25, 0.3) is 16.8 Å². The summed E-state index contributed by atoms with van der Waals surface area (Å²) in [4.78, 5) is 33.3. The van der Waals surface area contributed by atoms with Gasteiger partial charge in [-0.25, -0.2) is 14.3 Å². The first kappa shape index (κ1) is 23.2. The zero-order chi connectivity index (χ0) is 23.9. The van der Waals surface area contributed by atoms with E-state index in [4.69, 9.17) is 4.74 Å². The Bertz CT molecular complexity index is 1220. The molecule has 0 aliphatic carbocycles. The Hall–Kier alpha value is -2.94. The highest BCUT2D eigenvalue weighted by Gasteiger charge is 2.36. The molecule has 1 aliphatic heterocycles. The Morgan fingerprint density at radius 2 is 2.00 bits per heavy atom. The number of hydrogen-bond donors (Lipinski definition) is 0. The molecule has 0 radical (unpaired) electrons. The van der Waals surface area contributed by atoms with Gasteiger partial charge in [-0.05, 0) is 73.8 Å². The fraction of sp³-hybridized carbons (Fsp3) is 0.417. The molecule has 174 valence electrons. The second-order valence-corrected chi connectivity index (χ2v) is 10.3. The summed E-state index contributed by atoms with van der Waals surface area (Å²) >= 11 is 3.49. The van der Waals surface area contributed by atoms with Crippen LogP contribution in [0.3, 0.4) is 0 Å². The van der Waals surface area contributed by atoms with E-state index in [1.165, 1.54) is 4.90 Å². The number of carbonyl (C=O) groups excluding carboxylic acids is 2. The van der Waals surface area contributed by atoms with E-state index >= 15 is 0 Å². The van der Waals surface area contributed by atoms with E-state index in [9.17, 15) is 9.59 Å². The van der Waals surface area contributed by atoms with Crippen LogP contribution in [-0.2, 0) is 16.1 Å². The fourth-order valence-electron chi connectivity index (χ4n) is 4.00. The third-order valence-electron chi connectivity index (χ3n) is 5.73. The van der Waals surface area contributed by atoms with Gasteiger partial charge in [0.15, 0.2) is 0 Å². The molecule has 0 saturated carbocycles. The maximum absolute atomic E-state index is 13.0. The van der Waals surface area contributed by atoms with E-state index in [1.54, 1.807) is 22.7 Å². The molecule has 4 rings (SSSR count). The second kappa shape index (κ2) is 8.78. The Labute approximate surface area is 201 Å². The van der Waals surface area contributed by atoms with Gasteiger partial charge in [0.1, 0.15) is 18.0 Å². The highest BCUT2D eigenvalue weighted by Crippen LogP contribution is 2.28. The number of aryl methyl sites for hydroxylation is 1. The van der Waals surface area contributed by atoms with Crippen LogP contribution in [0, 0.1) is 6.92 Å². The van der Waals surface area contributed by atoms with Crippen LogP contribution in [0.2, 0.25) is 0 Å². The van der Waals surface area contributed by atoms with E-state index in [2.05, 4.69) is 32.1 Å². The molecule has 3 aromatic rings. The summed E-state index contributed by atoms with van der Waals surface area (Å²) in [6.45, 7) is 10.7. The van der Waals surface area contributed by atoms with Crippen molar-refractivity contribution >= 4 is 33.4 Å². The van der Waals surface area contributed by atoms with Gasteiger partial charge in [-0.15, -0.1) is 0 Å². The van der Waals surface area contributed by atoms with Crippen LogP contribution in [-0.4, -0.2) is 61.1 Å². The summed E-state index contributed by atoms with van der Waals surface area (Å²) in [7, 11) is 0. The van der Waals surface area contributed by atoms with E-state index in [0.29, 0.717) is 19.6 Å². The molecule has 8 nitrogen and oxygen atoms in total. The Balaban J connectivity index is 1.50. The minimum absolute atomic E-state index is 0.0777. The van der Waals surface area contributed by atoms with Crippen LogP contribution >= 0.6 is 15.9 Å². The van der Waals surface area contributed by atoms with Crippen LogP contribution in [0.5, 0.6) is 0 Å². The Morgan fingerprint density at radius 1 is 1.24 bits per heavy atom. The van der Waals surface area contributed by atoms with Gasteiger partial charge in [0.2, 0.25) is 5.91 Å². The lowest BCUT2D eigenvalue weighted by molar-refractivity contribution is -0.141. The highest BCUT2D eigenvalue weighted by molar-refractivity contribution is 9.10. The summed E-state index contributed by atoms with van der Waals surface area (Å²) in [5, 5.41) is 4.25. The normalized spacial score (nSPS) is 17.0. The predicted octanol–water partition coefficient (Wildman–Crippen LogP) is 4.44. The first-order valence-electron chi connectivity index (χ1n) is 10.9. The Morgan fingerprint density at radius 3 is 2.70 bits per heavy atom. The van der Waals surface area contributed by atoms with Crippen LogP contribution in [0.4, 0.5) is 4.79 Å². The molecule has 33 heavy (non-hydrogen) atoms. The van der Waals surface area contributed by atoms with Crippen molar-refractivity contribution < 1.29 is 14.3 Å². The first-order valence-corrected chi connectivity index (χ1v) is 11.7. The van der Waals surface area contributed by atoms with Crippen molar-refractivity contribution in [1.29, 1.82) is 0 Å². The maximum atomic E-state index is 13.0. The maximum Gasteiger partial charge on any atom is 0.411 e. The smallest absolute Gasteiger partial charge is 0.411 e. The molecule has 1 aliphatic rings. The minimum Gasteiger partial charge on any atom is -0.444 e. The van der Waals surface area contributed by atoms with Gasteiger partial charge in [0, 0.05) is 35.9 Å². The van der Waals surface area contributed by atoms with Gasteiger partial charge < -0.3 is 9.64 Å². The average Bonchev–Trinajstić information content (AvgIpc) is 3.11. The van der Waals surface area contributed by atoms with E-state index in [-0.39, 0.29) is 5.91 Å². The number of ether oxygens (including phenoxy) is 1. The third kappa shape index (κ3) is 4.88. The number of benzene rings is 1. The second-order valence-electron chi connectivity index (χ2n) is 9.35. The van der Waals surface area contributed by atoms with Gasteiger partial charge in [0.05, 0.1) is 11.2 Å². The topological polar surface area (TPSA) is 80.0 Å². The Kier molecular flexibility index (Phi) is 6.18. The molecular formula is C24H28BrN5O3. The number of aromatic nitrogens is 3. The lowest BCUT2D eigenvalue weighted by Crippen LogP contribution is -2.57. The molecule has 0 spiro atoms. The number of amides is 2. The van der Waals surface area contributed by atoms with Crippen LogP contribution in [0.15, 0.2) is 41.3 Å². The molecule has 1 saturated heterocycles. The van der Waals surface area contributed by atoms with Gasteiger partial charge in [-0.3, -0.25) is 9.69 Å². The summed E-state index contributed by atoms with van der Waals surface area (Å²) in [5.41, 5.74) is 4.29. The zero-order valence-corrected chi connectivity index (χ0v) is 21.1. The van der Waals surface area contributed by atoms with Crippen LogP contribution < -0.4 is 0 Å². The molecule has 1 aromatic carbocycles. The fourth-order valence-corrected chi connectivity index (χ4v) is 4.41. The largest absolute Gasteiger partial charge is 0.444 e. The summed E-state index contributed by atoms with van der Waals surface area (Å²) in [6, 6.07) is 7.58. The van der Waals surface area contributed by atoms with Gasteiger partial charge in [0.25, 0.3) is 0 Å². The molecule has 1 fully saturated rings. The SMILES string of the molecule is Cc1cc(-c2ncnn3cc(Br)cc23)ccc1CN1CCN(C(=O)OC(C)(C)C)C(C)C1=O. The standard InChI is InChI=1S/C24H28BrN5O3/c1-15-10-17(21-20-11-19(25)13-30(20)27-14-26-21)6-7-18(15)12-28-8-9-29(16(2)22(28)31)23(32)33-24(3,4)5/h6-7,10-11,13-14,16H,8-9,12H2,1-5H3. The van der Waals surface area contributed by atoms with Gasteiger partial charge in [-0.2, -0.15) is 5.10 Å². The number of halogens is 1. The van der Waals surface area contributed by atoms with E-state index in [1.807, 2.05) is 52.1 Å². The van der Waals surface area contributed by atoms with Crippen molar-refractivity contribution in [1.82, 2.24) is 24.4 Å². The lowest BCUT2D eigenvalue weighted by atomic mass is 10.0. The third-order valence-corrected chi connectivity index (χ3v) is 6.16. The summed E-state index contributed by atoms with van der Waals surface area (Å²) < 4.78 is 8.19. The number of fused-ring (bicyclic) bond motifs is 1. The van der Waals surface area contributed by atoms with Gasteiger partial charge >= 0.3 is 6.09 Å². The zero-order valence-electron chi connectivity index (χ0n) is 19.5. The van der Waals surface area contributed by atoms with Crippen molar-refractivity contribution in [2.24, 2.45) is 0 Å². The minimum atomic E-state index is -0.595. The molecule has 3 heterocycles. The first-order chi connectivity index (χ1) is 15.5. The predicted molar refractivity (Wildman–Crippen MR) is 129 cm³/mol. The summed E-state index contributed by atoms with van der Waals surface area (Å²) in [6.07, 6.45) is 2.99. The molecule has 2 aromatic heterocycles. The van der Waals surface area contributed by atoms with Gasteiger partial charge in [-0.1, -0.05) is 12.1 Å². The molecular weight excluding hydrogens is 486 g/mol. The number of piperazine rings is 1. The lowest BCUT2D eigenvalue weighted by Gasteiger charge is -2.39. The summed E-state index contributed by atoms with van der Waals surface area (Å²) in [5.74, 6) is -0.0777. The molecule has 9 heteroatoms. The molecule has 0 N–H and O–H groups in total. The van der Waals surface area contributed by atoms with Crippen LogP contribution in [0.1, 0.15) is 38.8 Å². The highest BCUT2D eigenvalue weighted by atomic mass is 79.9. The molecule has 1 unspecified atom stereocenters. The number of nitrogens with zero attached hydrogens (tertiary/aromatic N) is 5. The quantitative estimate of drug-likeness (QED) is 0.517. The monoisotopic (exact) mass is 513 g/mol. The van der Waals surface area contributed by atoms with Crippen molar-refractivity contribution in [3.63, 3.8) is 0 Å². The van der Waals surface area contributed by atoms with Crippen molar-refractivity contribution in [2.45, 2.75) is 52.8 Å². The molecule has 1 atom stereocenters. The number of hydrogen-bond acceptors (Lipinski definition) is 5. The van der Waals surface area contributed by atoms with Crippen molar-refractivity contribution in [3.8, 4) is 11.3 Å². The molecule has 0 bridgehead atoms. The van der Waals surface area contributed by atoms with E-state index < -0.39 is 17.7 Å². The molecule has 2 amide bonds. The number of carbonyl (C=O) groups is 2.